The molecule has 1 spiro atoms. The van der Waals surface area contributed by atoms with Crippen molar-refractivity contribution in [3.8, 4) is 0 Å². The molecule has 1 saturated heterocycles. The molecule has 0 aromatic rings. The summed E-state index contributed by atoms with van der Waals surface area (Å²) in [5.41, 5.74) is -0.191. The SMILES string of the molecule is CC(C)(C)OC(O)N1CCC2(CC(=O)C2)C1. The molecule has 1 unspecified atom stereocenters. The predicted molar refractivity (Wildman–Crippen MR) is 59.7 cm³/mol. The van der Waals surface area contributed by atoms with Crippen molar-refractivity contribution in [2.24, 2.45) is 5.41 Å². The number of rotatable bonds is 2. The first-order valence-electron chi connectivity index (χ1n) is 5.91. The zero-order chi connectivity index (χ0) is 12.0. The maximum absolute atomic E-state index is 11.1. The van der Waals surface area contributed by atoms with Gasteiger partial charge in [0.15, 0.2) is 0 Å². The Hall–Kier alpha value is -0.450. The molecule has 1 atom stereocenters. The van der Waals surface area contributed by atoms with Gasteiger partial charge >= 0.3 is 0 Å². The lowest BCUT2D eigenvalue weighted by Crippen LogP contribution is -2.44. The summed E-state index contributed by atoms with van der Waals surface area (Å²) in [5.74, 6) is 0.355. The number of hydrogen-bond donors (Lipinski definition) is 1. The highest BCUT2D eigenvalue weighted by atomic mass is 16.6. The van der Waals surface area contributed by atoms with Crippen LogP contribution in [0.5, 0.6) is 0 Å². The van der Waals surface area contributed by atoms with Crippen molar-refractivity contribution < 1.29 is 14.6 Å². The van der Waals surface area contributed by atoms with Gasteiger partial charge in [-0.15, -0.1) is 0 Å². The van der Waals surface area contributed by atoms with Crippen LogP contribution in [-0.2, 0) is 9.53 Å². The van der Waals surface area contributed by atoms with Crippen molar-refractivity contribution >= 4 is 5.78 Å². The Labute approximate surface area is 96.6 Å². The van der Waals surface area contributed by atoms with E-state index in [0.717, 1.165) is 19.5 Å². The van der Waals surface area contributed by atoms with Gasteiger partial charge in [-0.2, -0.15) is 0 Å². The van der Waals surface area contributed by atoms with E-state index in [4.69, 9.17) is 4.74 Å². The van der Waals surface area contributed by atoms with E-state index in [1.165, 1.54) is 0 Å². The van der Waals surface area contributed by atoms with E-state index in [-0.39, 0.29) is 11.0 Å². The fraction of sp³-hybridized carbons (Fsp3) is 0.917. The van der Waals surface area contributed by atoms with Gasteiger partial charge in [0.1, 0.15) is 5.78 Å². The summed E-state index contributed by atoms with van der Waals surface area (Å²) in [7, 11) is 0. The van der Waals surface area contributed by atoms with E-state index in [0.29, 0.717) is 18.6 Å². The molecule has 2 rings (SSSR count). The largest absolute Gasteiger partial charge is 0.356 e. The molecule has 0 aromatic heterocycles. The van der Waals surface area contributed by atoms with Crippen molar-refractivity contribution in [2.45, 2.75) is 52.0 Å². The minimum Gasteiger partial charge on any atom is -0.356 e. The number of carbonyl (C=O) groups excluding carboxylic acids is 1. The second-order valence-electron chi connectivity index (χ2n) is 6.17. The first kappa shape index (κ1) is 12.0. The lowest BCUT2D eigenvalue weighted by atomic mass is 9.67. The Morgan fingerprint density at radius 3 is 2.56 bits per heavy atom. The molecule has 0 amide bonds. The van der Waals surface area contributed by atoms with Crippen LogP contribution in [0.1, 0.15) is 40.0 Å². The summed E-state index contributed by atoms with van der Waals surface area (Å²) in [6.07, 6.45) is 1.54. The summed E-state index contributed by atoms with van der Waals surface area (Å²) >= 11 is 0. The molecule has 1 N–H and O–H groups in total. The van der Waals surface area contributed by atoms with Crippen LogP contribution < -0.4 is 0 Å². The molecule has 4 nitrogen and oxygen atoms in total. The fourth-order valence-electron chi connectivity index (χ4n) is 2.62. The predicted octanol–water partition coefficient (Wildman–Crippen LogP) is 1.13. The molecule has 92 valence electrons. The lowest BCUT2D eigenvalue weighted by Gasteiger charge is -2.37. The van der Waals surface area contributed by atoms with Crippen LogP contribution in [0.25, 0.3) is 0 Å². The van der Waals surface area contributed by atoms with Gasteiger partial charge in [-0.25, -0.2) is 0 Å². The molecule has 1 heterocycles. The van der Waals surface area contributed by atoms with Gasteiger partial charge in [-0.3, -0.25) is 9.69 Å². The minimum atomic E-state index is -0.838. The summed E-state index contributed by atoms with van der Waals surface area (Å²) < 4.78 is 5.51. The molecular weight excluding hydrogens is 206 g/mol. The molecule has 1 aliphatic heterocycles. The maximum Gasteiger partial charge on any atom is 0.216 e. The Bertz CT molecular complexity index is 287. The first-order valence-corrected chi connectivity index (χ1v) is 5.91. The molecule has 2 aliphatic rings. The van der Waals surface area contributed by atoms with Gasteiger partial charge in [0, 0.05) is 25.9 Å². The standard InChI is InChI=1S/C12H21NO3/c1-11(2,3)16-10(15)13-5-4-12(8-13)6-9(14)7-12/h10,15H,4-8H2,1-3H3. The van der Waals surface area contributed by atoms with Crippen molar-refractivity contribution in [1.82, 2.24) is 4.90 Å². The third-order valence-electron chi connectivity index (χ3n) is 3.38. The van der Waals surface area contributed by atoms with Crippen molar-refractivity contribution in [3.05, 3.63) is 0 Å². The number of ketones is 1. The highest BCUT2D eigenvalue weighted by Gasteiger charge is 2.49. The Balaban J connectivity index is 1.86. The van der Waals surface area contributed by atoms with Gasteiger partial charge in [-0.1, -0.05) is 0 Å². The number of aliphatic hydroxyl groups is 1. The normalized spacial score (nSPS) is 27.1. The Morgan fingerprint density at radius 2 is 2.06 bits per heavy atom. The van der Waals surface area contributed by atoms with Crippen LogP contribution in [-0.4, -0.2) is 40.9 Å². The second-order valence-corrected chi connectivity index (χ2v) is 6.17. The van der Waals surface area contributed by atoms with Crippen molar-refractivity contribution in [3.63, 3.8) is 0 Å². The van der Waals surface area contributed by atoms with Crippen LogP contribution in [0.4, 0.5) is 0 Å². The molecule has 16 heavy (non-hydrogen) atoms. The molecule has 1 saturated carbocycles. The molecule has 0 aromatic carbocycles. The lowest BCUT2D eigenvalue weighted by molar-refractivity contribution is -0.236. The highest BCUT2D eigenvalue weighted by Crippen LogP contribution is 2.46. The number of Topliss-reactive ketones (excluding diaryl/α,β-unsaturated/α-hetero) is 1. The summed E-state index contributed by atoms with van der Waals surface area (Å²) in [6, 6.07) is 0. The van der Waals surface area contributed by atoms with E-state index >= 15 is 0 Å². The van der Waals surface area contributed by atoms with E-state index in [1.807, 2.05) is 25.7 Å². The number of ether oxygens (including phenoxy) is 1. The van der Waals surface area contributed by atoms with Crippen LogP contribution >= 0.6 is 0 Å². The van der Waals surface area contributed by atoms with E-state index in [9.17, 15) is 9.90 Å². The van der Waals surface area contributed by atoms with E-state index < -0.39 is 6.41 Å². The fourth-order valence-corrected chi connectivity index (χ4v) is 2.62. The summed E-state index contributed by atoms with van der Waals surface area (Å²) in [5, 5.41) is 9.92. The third-order valence-corrected chi connectivity index (χ3v) is 3.38. The van der Waals surface area contributed by atoms with Crippen LogP contribution in [0.2, 0.25) is 0 Å². The topological polar surface area (TPSA) is 49.8 Å². The number of hydrogen-bond acceptors (Lipinski definition) is 4. The second kappa shape index (κ2) is 3.79. The van der Waals surface area contributed by atoms with E-state index in [1.54, 1.807) is 0 Å². The zero-order valence-electron chi connectivity index (χ0n) is 10.3. The number of aliphatic hydroxyl groups excluding tert-OH is 1. The Kier molecular flexibility index (Phi) is 2.85. The van der Waals surface area contributed by atoms with E-state index in [2.05, 4.69) is 0 Å². The molecule has 2 fully saturated rings. The van der Waals surface area contributed by atoms with Gasteiger partial charge in [0.2, 0.25) is 6.41 Å². The monoisotopic (exact) mass is 227 g/mol. The summed E-state index contributed by atoms with van der Waals surface area (Å²) in [4.78, 5) is 13.0. The van der Waals surface area contributed by atoms with Gasteiger partial charge < -0.3 is 9.84 Å². The smallest absolute Gasteiger partial charge is 0.216 e. The molecule has 0 radical (unpaired) electrons. The molecule has 0 bridgehead atoms. The summed E-state index contributed by atoms with van der Waals surface area (Å²) in [6.45, 7) is 7.39. The van der Waals surface area contributed by atoms with Crippen LogP contribution in [0.3, 0.4) is 0 Å². The van der Waals surface area contributed by atoms with Crippen LogP contribution in [0.15, 0.2) is 0 Å². The number of carbonyl (C=O) groups is 1. The quantitative estimate of drug-likeness (QED) is 0.719. The average molecular weight is 227 g/mol. The average Bonchev–Trinajstić information content (AvgIpc) is 2.45. The zero-order valence-corrected chi connectivity index (χ0v) is 10.3. The third kappa shape index (κ3) is 2.44. The van der Waals surface area contributed by atoms with Crippen LogP contribution in [0, 0.1) is 5.41 Å². The number of nitrogens with zero attached hydrogens (tertiary/aromatic N) is 1. The minimum absolute atomic E-state index is 0.152. The highest BCUT2D eigenvalue weighted by molar-refractivity contribution is 5.86. The number of likely N-dealkylation sites (tertiary alicyclic amines) is 1. The first-order chi connectivity index (χ1) is 7.30. The molecule has 1 aliphatic carbocycles. The van der Waals surface area contributed by atoms with Crippen molar-refractivity contribution in [2.75, 3.05) is 13.1 Å². The Morgan fingerprint density at radius 1 is 1.44 bits per heavy atom. The maximum atomic E-state index is 11.1. The molecular formula is C12H21NO3. The van der Waals surface area contributed by atoms with Gasteiger partial charge in [0.05, 0.1) is 5.60 Å². The van der Waals surface area contributed by atoms with Crippen molar-refractivity contribution in [1.29, 1.82) is 0 Å². The van der Waals surface area contributed by atoms with Gasteiger partial charge in [0.25, 0.3) is 0 Å². The van der Waals surface area contributed by atoms with Gasteiger partial charge in [-0.05, 0) is 32.6 Å². The molecule has 4 heteroatoms.